The van der Waals surface area contributed by atoms with E-state index in [0.717, 1.165) is 0 Å². The lowest BCUT2D eigenvalue weighted by Gasteiger charge is -2.37. The van der Waals surface area contributed by atoms with Crippen molar-refractivity contribution in [2.24, 2.45) is 5.92 Å². The molecule has 2 heterocycles. The molecular weight excluding hydrogens is 608 g/mol. The van der Waals surface area contributed by atoms with E-state index in [0.29, 0.717) is 12.2 Å². The molecular formula is C36H38O11. The summed E-state index contributed by atoms with van der Waals surface area (Å²) in [5.41, 5.74) is 0.879. The van der Waals surface area contributed by atoms with Gasteiger partial charge in [-0.15, -0.1) is 0 Å². The molecule has 0 aliphatic carbocycles. The van der Waals surface area contributed by atoms with Crippen LogP contribution in [0.25, 0.3) is 0 Å². The topological polar surface area (TPSA) is 133 Å². The van der Waals surface area contributed by atoms with Crippen LogP contribution in [0.1, 0.15) is 57.8 Å². The summed E-state index contributed by atoms with van der Waals surface area (Å²) < 4.78 is 41.2. The molecule has 7 atom stereocenters. The summed E-state index contributed by atoms with van der Waals surface area (Å²) in [5.74, 6) is -2.98. The molecule has 2 fully saturated rings. The molecule has 5 rings (SSSR count). The van der Waals surface area contributed by atoms with Crippen LogP contribution in [0.4, 0.5) is 0 Å². The second kappa shape index (κ2) is 16.3. The number of ether oxygens (including phenoxy) is 7. The van der Waals surface area contributed by atoms with Crippen LogP contribution in [0.2, 0.25) is 0 Å². The predicted octanol–water partition coefficient (Wildman–Crippen LogP) is 4.78. The molecule has 3 aromatic carbocycles. The highest BCUT2D eigenvalue weighted by Gasteiger charge is 2.54. The van der Waals surface area contributed by atoms with E-state index in [1.165, 1.54) is 0 Å². The van der Waals surface area contributed by atoms with Gasteiger partial charge in [-0.1, -0.05) is 54.6 Å². The van der Waals surface area contributed by atoms with Crippen LogP contribution in [0.15, 0.2) is 91.0 Å². The normalized spacial score (nSPS) is 25.4. The van der Waals surface area contributed by atoms with Crippen molar-refractivity contribution in [2.45, 2.75) is 63.5 Å². The first-order chi connectivity index (χ1) is 22.9. The summed E-state index contributed by atoms with van der Waals surface area (Å²) in [4.78, 5) is 52.7. The second-order valence-corrected chi connectivity index (χ2v) is 11.1. The van der Waals surface area contributed by atoms with E-state index in [1.54, 1.807) is 105 Å². The average molecular weight is 647 g/mol. The van der Waals surface area contributed by atoms with Crippen molar-refractivity contribution in [1.82, 2.24) is 0 Å². The molecule has 0 radical (unpaired) electrons. The van der Waals surface area contributed by atoms with Crippen molar-refractivity contribution in [3.63, 3.8) is 0 Å². The first kappa shape index (κ1) is 33.8. The molecule has 11 nitrogen and oxygen atoms in total. The van der Waals surface area contributed by atoms with Gasteiger partial charge >= 0.3 is 23.9 Å². The summed E-state index contributed by atoms with van der Waals surface area (Å²) in [6.45, 7) is 3.67. The maximum atomic E-state index is 13.5. The Bertz CT molecular complexity index is 1480. The lowest BCUT2D eigenvalue weighted by molar-refractivity contribution is -0.226. The standard InChI is InChI=1S/C36H38O11/c1-3-41-29-21-26(20-27(44-29)36(40)42-4-2)30-32(47-35(39)25-18-12-7-13-19-25)31(46-34(38)24-16-10-6-11-17-24)28(45-30)22-43-33(37)23-14-8-5-9-15-23/h5-19,26-32H,3-4,20-22H2,1-2H3/t26?,27?,28-,29?,30+,31-,32+/m1/s1. The lowest BCUT2D eigenvalue weighted by Crippen LogP contribution is -2.48. The number of rotatable bonds is 12. The van der Waals surface area contributed by atoms with E-state index < -0.39 is 66.6 Å². The van der Waals surface area contributed by atoms with Gasteiger partial charge in [0.2, 0.25) is 0 Å². The smallest absolute Gasteiger partial charge is 0.338 e. The fraction of sp³-hybridized carbons (Fsp3) is 0.389. The zero-order valence-electron chi connectivity index (χ0n) is 26.2. The van der Waals surface area contributed by atoms with E-state index >= 15 is 0 Å². The molecule has 3 aromatic rings. The molecule has 248 valence electrons. The Morgan fingerprint density at radius 1 is 0.638 bits per heavy atom. The van der Waals surface area contributed by atoms with Gasteiger partial charge in [0.05, 0.1) is 23.3 Å². The Balaban J connectivity index is 1.48. The van der Waals surface area contributed by atoms with E-state index in [1.807, 2.05) is 0 Å². The Morgan fingerprint density at radius 2 is 1.17 bits per heavy atom. The minimum Gasteiger partial charge on any atom is -0.464 e. The van der Waals surface area contributed by atoms with Gasteiger partial charge < -0.3 is 33.2 Å². The summed E-state index contributed by atoms with van der Waals surface area (Å²) in [6.07, 6.45) is -5.57. The summed E-state index contributed by atoms with van der Waals surface area (Å²) in [6, 6.07) is 25.2. The van der Waals surface area contributed by atoms with Crippen LogP contribution < -0.4 is 0 Å². The maximum absolute atomic E-state index is 13.5. The average Bonchev–Trinajstić information content (AvgIpc) is 3.44. The van der Waals surface area contributed by atoms with Crippen molar-refractivity contribution in [3.8, 4) is 0 Å². The van der Waals surface area contributed by atoms with E-state index in [9.17, 15) is 19.2 Å². The van der Waals surface area contributed by atoms with Crippen LogP contribution >= 0.6 is 0 Å². The number of benzene rings is 3. The largest absolute Gasteiger partial charge is 0.464 e. The van der Waals surface area contributed by atoms with E-state index in [2.05, 4.69) is 0 Å². The van der Waals surface area contributed by atoms with Gasteiger partial charge in [0, 0.05) is 13.0 Å². The van der Waals surface area contributed by atoms with E-state index in [-0.39, 0.29) is 37.2 Å². The molecule has 0 spiro atoms. The molecule has 47 heavy (non-hydrogen) atoms. The second-order valence-electron chi connectivity index (χ2n) is 11.1. The SMILES string of the molecule is CCOC(=O)C1CC([C@@H]2O[C@H](COC(=O)c3ccccc3)[C@@H](OC(=O)c3ccccc3)[C@H]2OC(=O)c2ccccc2)CC(OCC)O1. The number of hydrogen-bond acceptors (Lipinski definition) is 11. The summed E-state index contributed by atoms with van der Waals surface area (Å²) >= 11 is 0. The molecule has 0 bridgehead atoms. The summed E-state index contributed by atoms with van der Waals surface area (Å²) in [5, 5.41) is 0. The van der Waals surface area contributed by atoms with Gasteiger partial charge in [-0.3, -0.25) is 0 Å². The summed E-state index contributed by atoms with van der Waals surface area (Å²) in [7, 11) is 0. The Hall–Kier alpha value is -4.58. The molecule has 2 saturated heterocycles. The third-order valence-corrected chi connectivity index (χ3v) is 7.93. The van der Waals surface area contributed by atoms with Gasteiger partial charge in [0.1, 0.15) is 18.8 Å². The first-order valence-corrected chi connectivity index (χ1v) is 15.7. The molecule has 2 aliphatic rings. The molecule has 0 aromatic heterocycles. The monoisotopic (exact) mass is 646 g/mol. The Morgan fingerprint density at radius 3 is 1.70 bits per heavy atom. The molecule has 0 saturated carbocycles. The minimum atomic E-state index is -1.18. The van der Waals surface area contributed by atoms with E-state index in [4.69, 9.17) is 33.2 Å². The van der Waals surface area contributed by atoms with Gasteiger partial charge in [0.25, 0.3) is 0 Å². The highest BCUT2D eigenvalue weighted by molar-refractivity contribution is 5.91. The third kappa shape index (κ3) is 8.62. The number of carbonyl (C=O) groups excluding carboxylic acids is 4. The van der Waals surface area contributed by atoms with Crippen LogP contribution in [-0.4, -0.2) is 80.5 Å². The first-order valence-electron chi connectivity index (χ1n) is 15.7. The maximum Gasteiger partial charge on any atom is 0.338 e. The molecule has 0 amide bonds. The fourth-order valence-electron chi connectivity index (χ4n) is 5.75. The highest BCUT2D eigenvalue weighted by atomic mass is 16.7. The van der Waals surface area contributed by atoms with Crippen LogP contribution in [0.5, 0.6) is 0 Å². The number of carbonyl (C=O) groups is 4. The van der Waals surface area contributed by atoms with Crippen molar-refractivity contribution in [2.75, 3.05) is 19.8 Å². The number of esters is 4. The number of hydrogen-bond donors (Lipinski definition) is 0. The Labute approximate surface area is 273 Å². The highest BCUT2D eigenvalue weighted by Crippen LogP contribution is 2.39. The van der Waals surface area contributed by atoms with Crippen LogP contribution in [0, 0.1) is 5.92 Å². The predicted molar refractivity (Wildman–Crippen MR) is 166 cm³/mol. The van der Waals surface area contributed by atoms with Crippen LogP contribution in [0.3, 0.4) is 0 Å². The van der Waals surface area contributed by atoms with Gasteiger partial charge in [-0.05, 0) is 62.6 Å². The van der Waals surface area contributed by atoms with Crippen molar-refractivity contribution in [3.05, 3.63) is 108 Å². The van der Waals surface area contributed by atoms with Gasteiger partial charge in [0.15, 0.2) is 24.6 Å². The van der Waals surface area contributed by atoms with Crippen molar-refractivity contribution in [1.29, 1.82) is 0 Å². The van der Waals surface area contributed by atoms with Crippen LogP contribution in [-0.2, 0) is 38.0 Å². The molecule has 2 aliphatic heterocycles. The molecule has 11 heteroatoms. The molecule has 3 unspecified atom stereocenters. The minimum absolute atomic E-state index is 0.155. The fourth-order valence-corrected chi connectivity index (χ4v) is 5.75. The van der Waals surface area contributed by atoms with Crippen molar-refractivity contribution >= 4 is 23.9 Å². The van der Waals surface area contributed by atoms with Crippen molar-refractivity contribution < 1.29 is 52.3 Å². The zero-order chi connectivity index (χ0) is 33.2. The van der Waals surface area contributed by atoms with Gasteiger partial charge in [-0.2, -0.15) is 0 Å². The zero-order valence-corrected chi connectivity index (χ0v) is 26.2. The van der Waals surface area contributed by atoms with Gasteiger partial charge in [-0.25, -0.2) is 19.2 Å². The molecule has 0 N–H and O–H groups in total. The quantitative estimate of drug-likeness (QED) is 0.199. The lowest BCUT2D eigenvalue weighted by atomic mass is 9.86. The Kier molecular flexibility index (Phi) is 11.7. The third-order valence-electron chi connectivity index (χ3n) is 7.93.